The number of Topliss-reactive ketones (excluding diaryl/α,β-unsaturated/α-hetero) is 1. The maximum Gasteiger partial charge on any atom is 0.449 e. The van der Waals surface area contributed by atoms with Crippen LogP contribution in [-0.4, -0.2) is 29.6 Å². The van der Waals surface area contributed by atoms with E-state index in [1.165, 1.54) is 24.3 Å². The molecule has 0 aromatic heterocycles. The zero-order valence-electron chi connectivity index (χ0n) is 14.7. The van der Waals surface area contributed by atoms with E-state index in [1.807, 2.05) is 0 Å². The van der Waals surface area contributed by atoms with Crippen LogP contribution < -0.4 is 10.6 Å². The Morgan fingerprint density at radius 3 is 1.88 bits per heavy atom. The van der Waals surface area contributed by atoms with E-state index in [0.29, 0.717) is 11.4 Å². The monoisotopic (exact) mass is 374 g/mol. The van der Waals surface area contributed by atoms with Crippen LogP contribution in [-0.2, 0) is 14.3 Å². The van der Waals surface area contributed by atoms with E-state index in [9.17, 15) is 27.6 Å². The number of rotatable bonds is 6. The fraction of sp³-hybridized carbons (Fsp3) is 0.471. The van der Waals surface area contributed by atoms with E-state index in [2.05, 4.69) is 10.6 Å². The van der Waals surface area contributed by atoms with Crippen molar-refractivity contribution in [1.29, 1.82) is 0 Å². The molecule has 0 heterocycles. The van der Waals surface area contributed by atoms with Crippen molar-refractivity contribution >= 4 is 29.2 Å². The molecule has 1 aromatic carbocycles. The van der Waals surface area contributed by atoms with Gasteiger partial charge in [-0.25, -0.2) is 4.79 Å². The maximum atomic E-state index is 12.1. The van der Waals surface area contributed by atoms with E-state index in [-0.39, 0.29) is 12.8 Å². The quantitative estimate of drug-likeness (QED) is 0.779. The molecule has 1 rings (SSSR count). The summed E-state index contributed by atoms with van der Waals surface area (Å²) >= 11 is 0. The summed E-state index contributed by atoms with van der Waals surface area (Å²) in [7, 11) is 0. The highest BCUT2D eigenvalue weighted by Gasteiger charge is 2.37. The summed E-state index contributed by atoms with van der Waals surface area (Å²) in [6.45, 7) is 5.19. The van der Waals surface area contributed by atoms with Crippen LogP contribution in [0.5, 0.6) is 0 Å². The number of hydrogen-bond donors (Lipinski definition) is 2. The first kappa shape index (κ1) is 21.5. The van der Waals surface area contributed by atoms with Gasteiger partial charge in [-0.2, -0.15) is 13.2 Å². The van der Waals surface area contributed by atoms with E-state index in [1.54, 1.807) is 20.8 Å². The minimum atomic E-state index is -4.87. The van der Waals surface area contributed by atoms with Crippen LogP contribution in [0.4, 0.5) is 29.3 Å². The van der Waals surface area contributed by atoms with Crippen molar-refractivity contribution in [3.63, 3.8) is 0 Å². The van der Waals surface area contributed by atoms with Crippen LogP contribution in [0.25, 0.3) is 0 Å². The zero-order valence-corrected chi connectivity index (χ0v) is 14.7. The number of carbonyl (C=O) groups excluding carboxylic acids is 3. The number of ketones is 1. The van der Waals surface area contributed by atoms with Crippen molar-refractivity contribution < 1.29 is 32.3 Å². The fourth-order valence-electron chi connectivity index (χ4n) is 1.83. The molecule has 0 bridgehead atoms. The average molecular weight is 374 g/mol. The largest absolute Gasteiger partial charge is 0.449 e. The molecular formula is C17H21F3N2O4. The summed E-state index contributed by atoms with van der Waals surface area (Å²) in [5.41, 5.74) is 0.228. The molecule has 9 heteroatoms. The van der Waals surface area contributed by atoms with Gasteiger partial charge in [0.2, 0.25) is 11.7 Å². The average Bonchev–Trinajstić information content (AvgIpc) is 2.46. The van der Waals surface area contributed by atoms with Gasteiger partial charge < -0.3 is 10.1 Å². The molecule has 0 aliphatic carbocycles. The Kier molecular flexibility index (Phi) is 7.17. The molecule has 2 amide bonds. The number of hydrogen-bond acceptors (Lipinski definition) is 4. The first-order valence-electron chi connectivity index (χ1n) is 7.87. The summed E-state index contributed by atoms with van der Waals surface area (Å²) in [6, 6.07) is 6.11. The van der Waals surface area contributed by atoms with Crippen LogP contribution in [0.2, 0.25) is 0 Å². The Hall–Kier alpha value is -2.58. The third-order valence-corrected chi connectivity index (χ3v) is 2.94. The van der Waals surface area contributed by atoms with Crippen molar-refractivity contribution in [2.75, 3.05) is 10.6 Å². The van der Waals surface area contributed by atoms with Crippen molar-refractivity contribution in [3.8, 4) is 0 Å². The predicted molar refractivity (Wildman–Crippen MR) is 89.8 cm³/mol. The maximum absolute atomic E-state index is 12.1. The smallest absolute Gasteiger partial charge is 0.444 e. The summed E-state index contributed by atoms with van der Waals surface area (Å²) < 4.78 is 41.2. The van der Waals surface area contributed by atoms with Gasteiger partial charge in [0.25, 0.3) is 0 Å². The normalized spacial score (nSPS) is 11.6. The SMILES string of the molecule is CC(C)(C)OC(=O)Nc1ccc(NC(=O)CCCC(=O)C(F)(F)F)cc1. The highest BCUT2D eigenvalue weighted by molar-refractivity contribution is 5.92. The predicted octanol–water partition coefficient (Wildman–Crippen LogP) is 4.27. The molecule has 0 unspecified atom stereocenters. The Bertz CT molecular complexity index is 649. The van der Waals surface area contributed by atoms with E-state index in [0.717, 1.165) is 0 Å². The molecule has 0 atom stereocenters. The van der Waals surface area contributed by atoms with E-state index in [4.69, 9.17) is 4.74 Å². The number of benzene rings is 1. The fourth-order valence-corrected chi connectivity index (χ4v) is 1.83. The lowest BCUT2D eigenvalue weighted by Crippen LogP contribution is -2.27. The van der Waals surface area contributed by atoms with Gasteiger partial charge >= 0.3 is 12.3 Å². The number of carbonyl (C=O) groups is 3. The number of amides is 2. The molecule has 0 saturated heterocycles. The summed E-state index contributed by atoms with van der Waals surface area (Å²) in [5, 5.41) is 5.02. The van der Waals surface area contributed by atoms with Gasteiger partial charge in [0, 0.05) is 24.2 Å². The molecule has 0 saturated carbocycles. The van der Waals surface area contributed by atoms with Crippen molar-refractivity contribution in [2.45, 2.75) is 51.8 Å². The second-order valence-electron chi connectivity index (χ2n) is 6.53. The van der Waals surface area contributed by atoms with Gasteiger partial charge in [-0.1, -0.05) is 0 Å². The Balaban J connectivity index is 2.43. The second-order valence-corrected chi connectivity index (χ2v) is 6.53. The number of ether oxygens (including phenoxy) is 1. The van der Waals surface area contributed by atoms with Crippen LogP contribution in [0.3, 0.4) is 0 Å². The topological polar surface area (TPSA) is 84.5 Å². The van der Waals surface area contributed by atoms with Crippen LogP contribution in [0.15, 0.2) is 24.3 Å². The van der Waals surface area contributed by atoms with Crippen LogP contribution in [0, 0.1) is 0 Å². The molecule has 26 heavy (non-hydrogen) atoms. The number of nitrogens with one attached hydrogen (secondary N) is 2. The molecule has 0 aliphatic heterocycles. The van der Waals surface area contributed by atoms with Gasteiger partial charge in [-0.3, -0.25) is 14.9 Å². The number of anilines is 2. The Morgan fingerprint density at radius 2 is 1.42 bits per heavy atom. The third-order valence-electron chi connectivity index (χ3n) is 2.94. The zero-order chi connectivity index (χ0) is 20.0. The summed E-state index contributed by atoms with van der Waals surface area (Å²) in [4.78, 5) is 34.0. The van der Waals surface area contributed by atoms with Crippen molar-refractivity contribution in [1.82, 2.24) is 0 Å². The lowest BCUT2D eigenvalue weighted by molar-refractivity contribution is -0.171. The van der Waals surface area contributed by atoms with Gasteiger partial charge in [0.15, 0.2) is 0 Å². The Morgan fingerprint density at radius 1 is 0.923 bits per heavy atom. The molecule has 2 N–H and O–H groups in total. The molecule has 0 fully saturated rings. The molecule has 0 aliphatic rings. The molecule has 0 radical (unpaired) electrons. The van der Waals surface area contributed by atoms with Crippen molar-refractivity contribution in [3.05, 3.63) is 24.3 Å². The second kappa shape index (κ2) is 8.68. The standard InChI is InChI=1S/C17H21F3N2O4/c1-16(2,3)26-15(25)22-12-9-7-11(8-10-12)21-14(24)6-4-5-13(23)17(18,19)20/h7-10H,4-6H2,1-3H3,(H,21,24)(H,22,25). The highest BCUT2D eigenvalue weighted by Crippen LogP contribution is 2.20. The summed E-state index contributed by atoms with van der Waals surface area (Å²) in [6.07, 6.45) is -6.62. The molecule has 144 valence electrons. The van der Waals surface area contributed by atoms with Crippen molar-refractivity contribution in [2.24, 2.45) is 0 Å². The van der Waals surface area contributed by atoms with Gasteiger partial charge in [-0.15, -0.1) is 0 Å². The lowest BCUT2D eigenvalue weighted by Gasteiger charge is -2.19. The molecular weight excluding hydrogens is 353 g/mol. The molecule has 0 spiro atoms. The summed E-state index contributed by atoms with van der Waals surface area (Å²) in [5.74, 6) is -2.35. The van der Waals surface area contributed by atoms with Crippen LogP contribution in [0.1, 0.15) is 40.0 Å². The Labute approximate surface area is 149 Å². The van der Waals surface area contributed by atoms with E-state index >= 15 is 0 Å². The minimum Gasteiger partial charge on any atom is -0.444 e. The number of alkyl halides is 3. The van der Waals surface area contributed by atoms with Crippen LogP contribution >= 0.6 is 0 Å². The third kappa shape index (κ3) is 8.50. The van der Waals surface area contributed by atoms with Gasteiger partial charge in [-0.05, 0) is 51.5 Å². The number of halogens is 3. The lowest BCUT2D eigenvalue weighted by atomic mass is 10.1. The van der Waals surface area contributed by atoms with E-state index < -0.39 is 36.0 Å². The van der Waals surface area contributed by atoms with Gasteiger partial charge in [0.1, 0.15) is 5.60 Å². The molecule has 6 nitrogen and oxygen atoms in total. The first-order chi connectivity index (χ1) is 11.9. The highest BCUT2D eigenvalue weighted by atomic mass is 19.4. The van der Waals surface area contributed by atoms with Gasteiger partial charge in [0.05, 0.1) is 0 Å². The first-order valence-corrected chi connectivity index (χ1v) is 7.87. The molecule has 1 aromatic rings. The minimum absolute atomic E-state index is 0.192.